The maximum Gasteiger partial charge on any atom is 0.208 e. The van der Waals surface area contributed by atoms with Gasteiger partial charge in [-0.05, 0) is 47.0 Å². The second kappa shape index (κ2) is 4.82. The van der Waals surface area contributed by atoms with Gasteiger partial charge in [0, 0.05) is 11.6 Å². The van der Waals surface area contributed by atoms with Crippen LogP contribution in [0.25, 0.3) is 11.3 Å². The molecule has 0 spiro atoms. The van der Waals surface area contributed by atoms with Gasteiger partial charge in [0.1, 0.15) is 5.82 Å². The molecule has 1 N–H and O–H groups in total. The minimum Gasteiger partial charge on any atom is -0.439 e. The van der Waals surface area contributed by atoms with E-state index in [0.29, 0.717) is 28.7 Å². The number of hydrogen-bond acceptors (Lipinski definition) is 3. The molecule has 1 fully saturated rings. The summed E-state index contributed by atoms with van der Waals surface area (Å²) in [6.07, 6.45) is 4.14. The number of benzene rings is 1. The second-order valence-electron chi connectivity index (χ2n) is 4.40. The van der Waals surface area contributed by atoms with Crippen molar-refractivity contribution in [3.05, 3.63) is 40.6 Å². The summed E-state index contributed by atoms with van der Waals surface area (Å²) >= 11 is 3.16. The molecule has 0 atom stereocenters. The molecule has 0 radical (unpaired) electrons. The summed E-state index contributed by atoms with van der Waals surface area (Å²) in [5.74, 6) is 1.04. The topological polar surface area (TPSA) is 38.1 Å². The smallest absolute Gasteiger partial charge is 0.208 e. The normalized spacial score (nSPS) is 15.0. The zero-order valence-electron chi connectivity index (χ0n) is 9.62. The minimum absolute atomic E-state index is 0.283. The maximum absolute atomic E-state index is 13.1. The molecule has 0 unspecified atom stereocenters. The number of rotatable bonds is 4. The molecule has 5 heteroatoms. The van der Waals surface area contributed by atoms with E-state index in [1.807, 2.05) is 0 Å². The Morgan fingerprint density at radius 2 is 2.28 bits per heavy atom. The van der Waals surface area contributed by atoms with Gasteiger partial charge in [-0.1, -0.05) is 0 Å². The van der Waals surface area contributed by atoms with Crippen molar-refractivity contribution in [3.8, 4) is 11.3 Å². The Hall–Kier alpha value is -1.20. The van der Waals surface area contributed by atoms with Crippen LogP contribution < -0.4 is 5.32 Å². The molecule has 0 amide bonds. The summed E-state index contributed by atoms with van der Waals surface area (Å²) in [7, 11) is 0. The van der Waals surface area contributed by atoms with Crippen LogP contribution in [0.3, 0.4) is 0 Å². The van der Waals surface area contributed by atoms with E-state index in [1.165, 1.54) is 18.9 Å². The van der Waals surface area contributed by atoms with Crippen LogP contribution in [0, 0.1) is 5.82 Å². The summed E-state index contributed by atoms with van der Waals surface area (Å²) in [6, 6.07) is 5.40. The largest absolute Gasteiger partial charge is 0.439 e. The van der Waals surface area contributed by atoms with Crippen LogP contribution in [0.5, 0.6) is 0 Å². The highest BCUT2D eigenvalue weighted by atomic mass is 79.9. The van der Waals surface area contributed by atoms with Crippen LogP contribution in [0.4, 0.5) is 4.39 Å². The Morgan fingerprint density at radius 3 is 3.00 bits per heavy atom. The third-order valence-corrected chi connectivity index (χ3v) is 3.48. The summed E-state index contributed by atoms with van der Waals surface area (Å²) in [5, 5.41) is 3.33. The lowest BCUT2D eigenvalue weighted by molar-refractivity contribution is 0.476. The fourth-order valence-electron chi connectivity index (χ4n) is 1.69. The van der Waals surface area contributed by atoms with E-state index >= 15 is 0 Å². The fourth-order valence-corrected chi connectivity index (χ4v) is 2.07. The molecule has 0 aliphatic heterocycles. The number of nitrogens with one attached hydrogen (secondary N) is 1. The average Bonchev–Trinajstić information content (AvgIpc) is 3.08. The van der Waals surface area contributed by atoms with Crippen molar-refractivity contribution in [2.75, 3.05) is 0 Å². The van der Waals surface area contributed by atoms with Gasteiger partial charge in [0.15, 0.2) is 5.76 Å². The molecule has 3 rings (SSSR count). The van der Waals surface area contributed by atoms with E-state index in [1.54, 1.807) is 18.3 Å². The molecule has 1 heterocycles. The van der Waals surface area contributed by atoms with Gasteiger partial charge < -0.3 is 9.73 Å². The Kier molecular flexibility index (Phi) is 3.18. The predicted octanol–water partition coefficient (Wildman–Crippen LogP) is 3.50. The molecule has 1 aromatic carbocycles. The van der Waals surface area contributed by atoms with E-state index in [0.717, 1.165) is 5.56 Å². The quantitative estimate of drug-likeness (QED) is 0.939. The van der Waals surface area contributed by atoms with Crippen LogP contribution in [0.15, 0.2) is 33.3 Å². The van der Waals surface area contributed by atoms with Crippen LogP contribution in [-0.4, -0.2) is 11.0 Å². The van der Waals surface area contributed by atoms with Crippen molar-refractivity contribution in [1.29, 1.82) is 0 Å². The Bertz CT molecular complexity index is 566. The zero-order chi connectivity index (χ0) is 12.5. The number of halogens is 2. The van der Waals surface area contributed by atoms with Crippen molar-refractivity contribution >= 4 is 15.9 Å². The second-order valence-corrected chi connectivity index (χ2v) is 5.26. The van der Waals surface area contributed by atoms with Gasteiger partial charge in [-0.2, -0.15) is 0 Å². The highest BCUT2D eigenvalue weighted by molar-refractivity contribution is 9.10. The minimum atomic E-state index is -0.283. The molecule has 0 saturated heterocycles. The molecular weight excluding hydrogens is 299 g/mol. The monoisotopic (exact) mass is 310 g/mol. The Morgan fingerprint density at radius 1 is 1.44 bits per heavy atom. The molecule has 94 valence electrons. The van der Waals surface area contributed by atoms with Gasteiger partial charge in [-0.15, -0.1) is 0 Å². The van der Waals surface area contributed by atoms with E-state index < -0.39 is 0 Å². The lowest BCUT2D eigenvalue weighted by Gasteiger charge is -1.99. The lowest BCUT2D eigenvalue weighted by atomic mass is 10.2. The third-order valence-electron chi connectivity index (χ3n) is 2.88. The van der Waals surface area contributed by atoms with Crippen LogP contribution in [0.1, 0.15) is 18.7 Å². The van der Waals surface area contributed by atoms with Crippen molar-refractivity contribution < 1.29 is 8.81 Å². The van der Waals surface area contributed by atoms with E-state index in [9.17, 15) is 4.39 Å². The molecule has 1 saturated carbocycles. The number of oxazole rings is 1. The van der Waals surface area contributed by atoms with Crippen molar-refractivity contribution in [2.45, 2.75) is 25.4 Å². The van der Waals surface area contributed by atoms with E-state index in [-0.39, 0.29) is 5.82 Å². The number of hydrogen-bond donors (Lipinski definition) is 1. The van der Waals surface area contributed by atoms with Crippen LogP contribution >= 0.6 is 15.9 Å². The van der Waals surface area contributed by atoms with Gasteiger partial charge in [-0.3, -0.25) is 0 Å². The first kappa shape index (κ1) is 11.9. The Labute approximate surface area is 113 Å². The molecule has 1 aliphatic carbocycles. The zero-order valence-corrected chi connectivity index (χ0v) is 11.2. The van der Waals surface area contributed by atoms with Gasteiger partial charge in [0.2, 0.25) is 5.89 Å². The molecule has 3 nitrogen and oxygen atoms in total. The first-order valence-corrected chi connectivity index (χ1v) is 6.65. The number of nitrogens with zero attached hydrogens (tertiary/aromatic N) is 1. The predicted molar refractivity (Wildman–Crippen MR) is 69.5 cm³/mol. The lowest BCUT2D eigenvalue weighted by Crippen LogP contribution is -2.15. The van der Waals surface area contributed by atoms with Gasteiger partial charge in [-0.25, -0.2) is 9.37 Å². The first-order chi connectivity index (χ1) is 8.72. The van der Waals surface area contributed by atoms with Crippen molar-refractivity contribution in [2.24, 2.45) is 0 Å². The van der Waals surface area contributed by atoms with Crippen LogP contribution in [0.2, 0.25) is 0 Å². The van der Waals surface area contributed by atoms with Crippen molar-refractivity contribution in [1.82, 2.24) is 10.3 Å². The fraction of sp³-hybridized carbons (Fsp3) is 0.308. The Balaban J connectivity index is 1.76. The molecule has 18 heavy (non-hydrogen) atoms. The maximum atomic E-state index is 13.1. The summed E-state index contributed by atoms with van der Waals surface area (Å²) in [4.78, 5) is 4.21. The molecule has 1 aliphatic rings. The summed E-state index contributed by atoms with van der Waals surface area (Å²) < 4.78 is 19.2. The number of aromatic nitrogens is 1. The SMILES string of the molecule is Fc1ccc(-c2cnc(CNC3CC3)o2)cc1Br. The molecule has 1 aromatic heterocycles. The third kappa shape index (κ3) is 2.62. The standard InChI is InChI=1S/C13H12BrFN2O/c14-10-5-8(1-4-11(10)15)12-6-17-13(18-12)7-16-9-2-3-9/h1,4-6,9,16H,2-3,7H2. The average molecular weight is 311 g/mol. The summed E-state index contributed by atoms with van der Waals surface area (Å²) in [6.45, 7) is 0.646. The molecular formula is C13H12BrFN2O. The van der Waals surface area contributed by atoms with Crippen LogP contribution in [-0.2, 0) is 6.54 Å². The highest BCUT2D eigenvalue weighted by Crippen LogP contribution is 2.26. The molecule has 2 aromatic rings. The van der Waals surface area contributed by atoms with Gasteiger partial charge in [0.25, 0.3) is 0 Å². The highest BCUT2D eigenvalue weighted by Gasteiger charge is 2.21. The van der Waals surface area contributed by atoms with E-state index in [2.05, 4.69) is 26.2 Å². The first-order valence-electron chi connectivity index (χ1n) is 5.86. The van der Waals surface area contributed by atoms with Gasteiger partial charge >= 0.3 is 0 Å². The van der Waals surface area contributed by atoms with E-state index in [4.69, 9.17) is 4.42 Å². The summed E-state index contributed by atoms with van der Waals surface area (Å²) in [5.41, 5.74) is 0.813. The molecule has 0 bridgehead atoms. The van der Waals surface area contributed by atoms with Crippen molar-refractivity contribution in [3.63, 3.8) is 0 Å². The van der Waals surface area contributed by atoms with Gasteiger partial charge in [0.05, 0.1) is 17.2 Å².